The summed E-state index contributed by atoms with van der Waals surface area (Å²) >= 11 is 5.27. The van der Waals surface area contributed by atoms with Crippen LogP contribution in [0.15, 0.2) is 42.0 Å². The molecule has 2 amide bonds. The summed E-state index contributed by atoms with van der Waals surface area (Å²) in [5.41, 5.74) is 2.50. The van der Waals surface area contributed by atoms with Gasteiger partial charge in [-0.2, -0.15) is 0 Å². The number of anilines is 1. The number of nitrogens with zero attached hydrogens (tertiary/aromatic N) is 1. The van der Waals surface area contributed by atoms with Gasteiger partial charge in [0, 0.05) is 5.56 Å². The van der Waals surface area contributed by atoms with Gasteiger partial charge in [-0.3, -0.25) is 19.8 Å². The Balaban J connectivity index is 2.10. The van der Waals surface area contributed by atoms with Crippen LogP contribution < -0.4 is 19.7 Å². The summed E-state index contributed by atoms with van der Waals surface area (Å²) in [6, 6.07) is 10.3. The van der Waals surface area contributed by atoms with Crippen molar-refractivity contribution in [1.29, 1.82) is 0 Å². The lowest BCUT2D eigenvalue weighted by Gasteiger charge is -2.30. The van der Waals surface area contributed by atoms with E-state index in [9.17, 15) is 19.5 Å². The highest BCUT2D eigenvalue weighted by Crippen LogP contribution is 2.34. The summed E-state index contributed by atoms with van der Waals surface area (Å²) in [6.07, 6.45) is 0.155. The number of benzene rings is 2. The molecule has 0 saturated carbocycles. The van der Waals surface area contributed by atoms with Crippen molar-refractivity contribution in [1.82, 2.24) is 5.32 Å². The van der Waals surface area contributed by atoms with E-state index in [1.165, 1.54) is 25.0 Å². The molecule has 2 aromatic carbocycles. The van der Waals surface area contributed by atoms with Crippen molar-refractivity contribution in [3.8, 4) is 11.5 Å². The predicted molar refractivity (Wildman–Crippen MR) is 123 cm³/mol. The summed E-state index contributed by atoms with van der Waals surface area (Å²) in [7, 11) is 1.41. The van der Waals surface area contributed by atoms with Gasteiger partial charge in [-0.1, -0.05) is 24.3 Å². The largest absolute Gasteiger partial charge is 0.493 e. The molecule has 1 fully saturated rings. The van der Waals surface area contributed by atoms with Crippen molar-refractivity contribution in [3.05, 3.63) is 58.7 Å². The Bertz CT molecular complexity index is 1160. The Morgan fingerprint density at radius 3 is 2.53 bits per heavy atom. The topological polar surface area (TPSA) is 105 Å². The van der Waals surface area contributed by atoms with E-state index in [1.54, 1.807) is 30.3 Å². The van der Waals surface area contributed by atoms with Crippen molar-refractivity contribution in [2.45, 2.75) is 26.9 Å². The van der Waals surface area contributed by atoms with Gasteiger partial charge in [-0.15, -0.1) is 0 Å². The number of para-hydroxylation sites is 1. The maximum absolute atomic E-state index is 13.4. The van der Waals surface area contributed by atoms with Crippen LogP contribution in [0.5, 0.6) is 11.5 Å². The molecule has 2 aromatic rings. The fourth-order valence-electron chi connectivity index (χ4n) is 3.17. The number of hydrogen-bond acceptors (Lipinski definition) is 6. The van der Waals surface area contributed by atoms with E-state index < -0.39 is 23.9 Å². The zero-order valence-electron chi connectivity index (χ0n) is 18.0. The number of carbonyl (C=O) groups excluding carboxylic acids is 2. The van der Waals surface area contributed by atoms with Crippen LogP contribution in [0, 0.1) is 13.8 Å². The van der Waals surface area contributed by atoms with E-state index in [2.05, 4.69) is 5.32 Å². The number of rotatable bonds is 6. The normalized spacial score (nSPS) is 16.1. The van der Waals surface area contributed by atoms with Gasteiger partial charge in [-0.25, -0.2) is 4.79 Å². The van der Waals surface area contributed by atoms with E-state index in [-0.39, 0.29) is 22.2 Å². The molecule has 0 spiro atoms. The Labute approximate surface area is 190 Å². The van der Waals surface area contributed by atoms with Gasteiger partial charge < -0.3 is 14.6 Å². The van der Waals surface area contributed by atoms with Gasteiger partial charge in [0.15, 0.2) is 22.7 Å². The molecular weight excluding hydrogens is 432 g/mol. The summed E-state index contributed by atoms with van der Waals surface area (Å²) in [4.78, 5) is 38.6. The molecule has 0 bridgehead atoms. The molecule has 2 N–H and O–H groups in total. The number of amides is 2. The van der Waals surface area contributed by atoms with Gasteiger partial charge in [-0.05, 0) is 62.3 Å². The summed E-state index contributed by atoms with van der Waals surface area (Å²) in [5.74, 6) is -2.08. The summed E-state index contributed by atoms with van der Waals surface area (Å²) < 4.78 is 10.8. The maximum Gasteiger partial charge on any atom is 0.344 e. The Morgan fingerprint density at radius 2 is 1.88 bits per heavy atom. The van der Waals surface area contributed by atoms with E-state index in [0.717, 1.165) is 11.1 Å². The number of carboxylic acids is 1. The van der Waals surface area contributed by atoms with Crippen molar-refractivity contribution in [3.63, 3.8) is 0 Å². The lowest BCUT2D eigenvalue weighted by Crippen LogP contribution is -2.54. The second-order valence-electron chi connectivity index (χ2n) is 7.15. The first kappa shape index (κ1) is 23.0. The van der Waals surface area contributed by atoms with Gasteiger partial charge in [0.05, 0.1) is 12.8 Å². The highest BCUT2D eigenvalue weighted by atomic mass is 32.1. The third kappa shape index (κ3) is 4.33. The van der Waals surface area contributed by atoms with E-state index in [0.29, 0.717) is 11.3 Å². The average molecular weight is 455 g/mol. The highest BCUT2D eigenvalue weighted by molar-refractivity contribution is 7.80. The number of methoxy groups -OCH3 is 1. The molecular formula is C23H22N2O6S. The van der Waals surface area contributed by atoms with Crippen LogP contribution in [0.1, 0.15) is 23.6 Å². The molecule has 1 heterocycles. The van der Waals surface area contributed by atoms with Crippen molar-refractivity contribution in [2.75, 3.05) is 12.0 Å². The fraction of sp³-hybridized carbons (Fsp3) is 0.217. The van der Waals surface area contributed by atoms with E-state index in [4.69, 9.17) is 21.7 Å². The number of hydrogen-bond donors (Lipinski definition) is 2. The number of carbonyl (C=O) groups is 3. The van der Waals surface area contributed by atoms with Crippen LogP contribution >= 0.6 is 12.2 Å². The second-order valence-corrected chi connectivity index (χ2v) is 7.54. The third-order valence-electron chi connectivity index (χ3n) is 5.09. The predicted octanol–water partition coefficient (Wildman–Crippen LogP) is 3.00. The lowest BCUT2D eigenvalue weighted by atomic mass is 10.0. The quantitative estimate of drug-likeness (QED) is 0.393. The Morgan fingerprint density at radius 1 is 1.19 bits per heavy atom. The number of aryl methyl sites for hydroxylation is 1. The maximum atomic E-state index is 13.4. The van der Waals surface area contributed by atoms with Gasteiger partial charge in [0.1, 0.15) is 5.57 Å². The Kier molecular flexibility index (Phi) is 6.59. The second kappa shape index (κ2) is 9.19. The minimum Gasteiger partial charge on any atom is -0.493 e. The van der Waals surface area contributed by atoms with Crippen LogP contribution in [0.25, 0.3) is 6.08 Å². The molecule has 3 rings (SSSR count). The lowest BCUT2D eigenvalue weighted by molar-refractivity contribution is -0.144. The highest BCUT2D eigenvalue weighted by Gasteiger charge is 2.35. The number of thiocarbonyl (C=S) groups is 1. The molecule has 0 aromatic heterocycles. The zero-order valence-corrected chi connectivity index (χ0v) is 18.8. The molecule has 0 aliphatic carbocycles. The van der Waals surface area contributed by atoms with Gasteiger partial charge in [0.25, 0.3) is 11.8 Å². The van der Waals surface area contributed by atoms with Crippen molar-refractivity contribution < 1.29 is 29.0 Å². The molecule has 1 atom stereocenters. The first-order valence-electron chi connectivity index (χ1n) is 9.69. The number of carboxylic acid groups (broad SMARTS) is 1. The monoisotopic (exact) mass is 454 g/mol. The minimum absolute atomic E-state index is 0.0209. The summed E-state index contributed by atoms with van der Waals surface area (Å²) in [6.45, 7) is 5.14. The first-order valence-corrected chi connectivity index (χ1v) is 10.1. The van der Waals surface area contributed by atoms with E-state index >= 15 is 0 Å². The zero-order chi connectivity index (χ0) is 23.6. The van der Waals surface area contributed by atoms with Gasteiger partial charge in [0.2, 0.25) is 0 Å². The van der Waals surface area contributed by atoms with Gasteiger partial charge >= 0.3 is 5.97 Å². The smallest absolute Gasteiger partial charge is 0.344 e. The molecule has 1 aliphatic rings. The minimum atomic E-state index is -1.18. The molecule has 166 valence electrons. The molecule has 0 unspecified atom stereocenters. The molecule has 9 heteroatoms. The third-order valence-corrected chi connectivity index (χ3v) is 5.37. The Hall–Kier alpha value is -3.72. The van der Waals surface area contributed by atoms with Crippen LogP contribution in [-0.4, -0.2) is 41.2 Å². The fourth-order valence-corrected chi connectivity index (χ4v) is 3.44. The molecule has 0 radical (unpaired) electrons. The molecule has 8 nitrogen and oxygen atoms in total. The molecule has 32 heavy (non-hydrogen) atoms. The average Bonchev–Trinajstić information content (AvgIpc) is 2.74. The SMILES string of the molecule is COc1cccc(/C=C2\C(=O)NC(=S)N(c3cccc(C)c3C)C2=O)c1O[C@@H](C)C(=O)O. The number of aliphatic carboxylic acids is 1. The standard InChI is InChI=1S/C23H22N2O6S/c1-12-7-5-9-17(13(12)2)25-21(27)16(20(26)24-23(25)32)11-15-8-6-10-18(30-4)19(15)31-14(3)22(28)29/h5-11,14H,1-4H3,(H,28,29)(H,24,26,32)/b16-11+/t14-/m0/s1. The van der Waals surface area contributed by atoms with Crippen LogP contribution in [0.2, 0.25) is 0 Å². The molecule has 1 aliphatic heterocycles. The summed E-state index contributed by atoms with van der Waals surface area (Å²) in [5, 5.41) is 11.7. The van der Waals surface area contributed by atoms with Crippen LogP contribution in [-0.2, 0) is 14.4 Å². The number of nitrogens with one attached hydrogen (secondary N) is 1. The van der Waals surface area contributed by atoms with Crippen LogP contribution in [0.3, 0.4) is 0 Å². The van der Waals surface area contributed by atoms with Crippen molar-refractivity contribution >= 4 is 46.9 Å². The van der Waals surface area contributed by atoms with Crippen LogP contribution in [0.4, 0.5) is 5.69 Å². The van der Waals surface area contributed by atoms with Crippen molar-refractivity contribution in [2.24, 2.45) is 0 Å². The molecule has 1 saturated heterocycles. The van der Waals surface area contributed by atoms with E-state index in [1.807, 2.05) is 19.9 Å². The first-order chi connectivity index (χ1) is 15.1. The number of ether oxygens (including phenoxy) is 2.